The molecular formula is C9H18N2. The van der Waals surface area contributed by atoms with Crippen LogP contribution in [0.2, 0.25) is 0 Å². The number of hydrogen-bond acceptors (Lipinski definition) is 2. The molecule has 1 rings (SSSR count). The Hall–Kier alpha value is -0.500. The molecule has 1 aliphatic rings. The van der Waals surface area contributed by atoms with Crippen molar-refractivity contribution >= 4 is 0 Å². The van der Waals surface area contributed by atoms with Gasteiger partial charge in [-0.15, -0.1) is 0 Å². The lowest BCUT2D eigenvalue weighted by molar-refractivity contribution is 0.235. The van der Waals surface area contributed by atoms with E-state index in [-0.39, 0.29) is 0 Å². The highest BCUT2D eigenvalue weighted by atomic mass is 15.1. The monoisotopic (exact) mass is 154 g/mol. The fourth-order valence-corrected chi connectivity index (χ4v) is 1.67. The third kappa shape index (κ3) is 2.22. The van der Waals surface area contributed by atoms with Crippen LogP contribution in [-0.2, 0) is 0 Å². The van der Waals surface area contributed by atoms with Crippen molar-refractivity contribution in [2.45, 2.75) is 25.8 Å². The third-order valence-corrected chi connectivity index (χ3v) is 2.38. The van der Waals surface area contributed by atoms with Gasteiger partial charge in [-0.05, 0) is 39.1 Å². The summed E-state index contributed by atoms with van der Waals surface area (Å²) in [5.74, 6) is 0. The van der Waals surface area contributed by atoms with Gasteiger partial charge in [-0.1, -0.05) is 6.58 Å². The lowest BCUT2D eigenvalue weighted by Gasteiger charge is -2.32. The van der Waals surface area contributed by atoms with Gasteiger partial charge in [0.05, 0.1) is 0 Å². The van der Waals surface area contributed by atoms with E-state index in [9.17, 15) is 0 Å². The predicted octanol–water partition coefficient (Wildman–Crippen LogP) is 1.20. The van der Waals surface area contributed by atoms with Crippen molar-refractivity contribution in [2.75, 3.05) is 19.6 Å². The minimum absolute atomic E-state index is 0.735. The first-order valence-corrected chi connectivity index (χ1v) is 4.47. The van der Waals surface area contributed by atoms with Crippen molar-refractivity contribution in [2.24, 2.45) is 0 Å². The van der Waals surface area contributed by atoms with Crippen molar-refractivity contribution < 1.29 is 0 Å². The van der Waals surface area contributed by atoms with Crippen LogP contribution in [0.15, 0.2) is 12.8 Å². The fraction of sp³-hybridized carbons (Fsp3) is 0.778. The van der Waals surface area contributed by atoms with Crippen molar-refractivity contribution in [3.05, 3.63) is 12.8 Å². The van der Waals surface area contributed by atoms with Crippen molar-refractivity contribution in [3.8, 4) is 0 Å². The summed E-state index contributed by atoms with van der Waals surface area (Å²) >= 11 is 0. The molecule has 0 unspecified atom stereocenters. The maximum Gasteiger partial charge on any atom is 0.0308 e. The Morgan fingerprint density at radius 2 is 2.18 bits per heavy atom. The van der Waals surface area contributed by atoms with Crippen LogP contribution in [0.5, 0.6) is 0 Å². The molecule has 0 spiro atoms. The van der Waals surface area contributed by atoms with E-state index < -0.39 is 0 Å². The first-order chi connectivity index (χ1) is 5.38. The van der Waals surface area contributed by atoms with Gasteiger partial charge in [0, 0.05) is 12.6 Å². The largest absolute Gasteiger partial charge is 0.375 e. The van der Waals surface area contributed by atoms with Crippen LogP contribution in [-0.4, -0.2) is 30.6 Å². The van der Waals surface area contributed by atoms with Gasteiger partial charge in [0.25, 0.3) is 0 Å². The Bertz CT molecular complexity index is 117. The molecule has 2 nitrogen and oxygen atoms in total. The van der Waals surface area contributed by atoms with E-state index in [0.717, 1.165) is 25.7 Å². The van der Waals surface area contributed by atoms with Crippen LogP contribution in [0.3, 0.4) is 0 Å². The van der Waals surface area contributed by atoms with Gasteiger partial charge in [0.15, 0.2) is 0 Å². The minimum atomic E-state index is 0.735. The topological polar surface area (TPSA) is 15.3 Å². The zero-order chi connectivity index (χ0) is 8.10. The second-order valence-electron chi connectivity index (χ2n) is 2.99. The Morgan fingerprint density at radius 1 is 1.55 bits per heavy atom. The predicted molar refractivity (Wildman–Crippen MR) is 48.5 cm³/mol. The van der Waals surface area contributed by atoms with Gasteiger partial charge >= 0.3 is 0 Å². The second kappa shape index (κ2) is 4.39. The maximum absolute atomic E-state index is 3.81. The Morgan fingerprint density at radius 3 is 2.64 bits per heavy atom. The normalized spacial score (nSPS) is 19.7. The molecule has 0 radical (unpaired) electrons. The number of rotatable bonds is 3. The molecule has 0 aromatic rings. The minimum Gasteiger partial charge on any atom is -0.375 e. The summed E-state index contributed by atoms with van der Waals surface area (Å²) in [6, 6.07) is 0.735. The van der Waals surface area contributed by atoms with E-state index in [4.69, 9.17) is 0 Å². The highest BCUT2D eigenvalue weighted by molar-refractivity contribution is 4.82. The molecule has 0 aromatic carbocycles. The molecule has 1 heterocycles. The number of nitrogens with one attached hydrogen (secondary N) is 1. The van der Waals surface area contributed by atoms with Crippen molar-refractivity contribution in [3.63, 3.8) is 0 Å². The molecule has 2 heteroatoms. The molecule has 1 aliphatic heterocycles. The van der Waals surface area contributed by atoms with Gasteiger partial charge < -0.3 is 10.2 Å². The molecule has 11 heavy (non-hydrogen) atoms. The number of piperidine rings is 1. The number of nitrogens with zero attached hydrogens (tertiary/aromatic N) is 1. The summed E-state index contributed by atoms with van der Waals surface area (Å²) in [5.41, 5.74) is 0. The SMILES string of the molecule is C=CN(CC)C1CCNCC1. The van der Waals surface area contributed by atoms with E-state index in [1.54, 1.807) is 0 Å². The summed E-state index contributed by atoms with van der Waals surface area (Å²) in [4.78, 5) is 2.33. The van der Waals surface area contributed by atoms with E-state index >= 15 is 0 Å². The lowest BCUT2D eigenvalue weighted by atomic mass is 10.1. The standard InChI is InChI=1S/C9H18N2/c1-3-11(4-2)9-5-7-10-8-6-9/h3,9-10H,1,4-8H2,2H3. The zero-order valence-corrected chi connectivity index (χ0v) is 7.34. The maximum atomic E-state index is 3.81. The molecule has 0 aromatic heterocycles. The Balaban J connectivity index is 2.35. The van der Waals surface area contributed by atoms with Crippen LogP contribution < -0.4 is 5.32 Å². The molecule has 1 fully saturated rings. The van der Waals surface area contributed by atoms with Crippen molar-refractivity contribution in [1.82, 2.24) is 10.2 Å². The summed E-state index contributed by atoms with van der Waals surface area (Å²) in [5, 5.41) is 3.36. The summed E-state index contributed by atoms with van der Waals surface area (Å²) in [6.07, 6.45) is 4.50. The molecule has 0 saturated carbocycles. The summed E-state index contributed by atoms with van der Waals surface area (Å²) in [6.45, 7) is 9.41. The van der Waals surface area contributed by atoms with Gasteiger partial charge in [-0.3, -0.25) is 0 Å². The first-order valence-electron chi connectivity index (χ1n) is 4.47. The van der Waals surface area contributed by atoms with Crippen LogP contribution in [0.25, 0.3) is 0 Å². The van der Waals surface area contributed by atoms with Gasteiger partial charge in [-0.2, -0.15) is 0 Å². The molecule has 0 bridgehead atoms. The van der Waals surface area contributed by atoms with E-state index in [1.165, 1.54) is 12.8 Å². The van der Waals surface area contributed by atoms with Crippen molar-refractivity contribution in [1.29, 1.82) is 0 Å². The van der Waals surface area contributed by atoms with E-state index in [1.807, 2.05) is 6.20 Å². The summed E-state index contributed by atoms with van der Waals surface area (Å²) in [7, 11) is 0. The van der Waals surface area contributed by atoms with E-state index in [0.29, 0.717) is 0 Å². The lowest BCUT2D eigenvalue weighted by Crippen LogP contribution is -2.40. The molecule has 64 valence electrons. The van der Waals surface area contributed by atoms with Crippen LogP contribution in [0.4, 0.5) is 0 Å². The Kier molecular flexibility index (Phi) is 3.43. The van der Waals surface area contributed by atoms with Crippen LogP contribution >= 0.6 is 0 Å². The fourth-order valence-electron chi connectivity index (χ4n) is 1.67. The van der Waals surface area contributed by atoms with E-state index in [2.05, 4.69) is 23.7 Å². The first kappa shape index (κ1) is 8.60. The number of hydrogen-bond donors (Lipinski definition) is 1. The second-order valence-corrected chi connectivity index (χ2v) is 2.99. The Labute approximate surface area is 69.3 Å². The average Bonchev–Trinajstić information content (AvgIpc) is 2.09. The molecule has 0 atom stereocenters. The molecule has 1 saturated heterocycles. The third-order valence-electron chi connectivity index (χ3n) is 2.38. The molecular weight excluding hydrogens is 136 g/mol. The highest BCUT2D eigenvalue weighted by Gasteiger charge is 2.15. The quantitative estimate of drug-likeness (QED) is 0.657. The van der Waals surface area contributed by atoms with Gasteiger partial charge in [0.1, 0.15) is 0 Å². The van der Waals surface area contributed by atoms with Gasteiger partial charge in [0.2, 0.25) is 0 Å². The zero-order valence-electron chi connectivity index (χ0n) is 7.34. The average molecular weight is 154 g/mol. The van der Waals surface area contributed by atoms with Crippen LogP contribution in [0.1, 0.15) is 19.8 Å². The molecule has 0 amide bonds. The highest BCUT2D eigenvalue weighted by Crippen LogP contribution is 2.10. The summed E-state index contributed by atoms with van der Waals surface area (Å²) < 4.78 is 0. The molecule has 0 aliphatic carbocycles. The van der Waals surface area contributed by atoms with Crippen LogP contribution in [0, 0.1) is 0 Å². The smallest absolute Gasteiger partial charge is 0.0308 e. The van der Waals surface area contributed by atoms with Gasteiger partial charge in [-0.25, -0.2) is 0 Å². The molecule has 1 N–H and O–H groups in total.